The molecule has 13 heteroatoms. The largest absolute Gasteiger partial charge is 0.481 e. The predicted octanol–water partition coefficient (Wildman–Crippen LogP) is -0.492. The summed E-state index contributed by atoms with van der Waals surface area (Å²) in [7, 11) is 1.32. The van der Waals surface area contributed by atoms with Crippen molar-refractivity contribution in [3.63, 3.8) is 0 Å². The zero-order valence-corrected chi connectivity index (χ0v) is 18.1. The van der Waals surface area contributed by atoms with Crippen LogP contribution in [0.3, 0.4) is 0 Å². The predicted molar refractivity (Wildman–Crippen MR) is 102 cm³/mol. The van der Waals surface area contributed by atoms with Crippen LogP contribution in [0.25, 0.3) is 0 Å². The minimum atomic E-state index is -1.41. The SMILES string of the molecule is COc1ccn([C@@H]2O[C@H](COC(C)=O)[C@@H](OC(C)=O)[C@H](OC(C)=O)[C@H]2OC(C)=O)c(=O)n1. The highest BCUT2D eigenvalue weighted by atomic mass is 16.7. The number of hydrogen-bond acceptors (Lipinski definition) is 12. The average molecular weight is 456 g/mol. The number of methoxy groups -OCH3 is 1. The zero-order valence-electron chi connectivity index (χ0n) is 18.1. The molecule has 0 saturated carbocycles. The van der Waals surface area contributed by atoms with Crippen molar-refractivity contribution in [1.82, 2.24) is 9.55 Å². The first-order valence-electron chi connectivity index (χ1n) is 9.47. The maximum absolute atomic E-state index is 12.6. The molecule has 2 heterocycles. The Morgan fingerprint density at radius 3 is 2.00 bits per heavy atom. The van der Waals surface area contributed by atoms with Crippen molar-refractivity contribution >= 4 is 23.9 Å². The topological polar surface area (TPSA) is 159 Å². The van der Waals surface area contributed by atoms with E-state index in [2.05, 4.69) is 4.98 Å². The van der Waals surface area contributed by atoms with E-state index in [1.807, 2.05) is 0 Å². The molecule has 13 nitrogen and oxygen atoms in total. The van der Waals surface area contributed by atoms with E-state index >= 15 is 0 Å². The molecule has 1 aromatic heterocycles. The smallest absolute Gasteiger partial charge is 0.353 e. The zero-order chi connectivity index (χ0) is 24.0. The number of ether oxygens (including phenoxy) is 6. The van der Waals surface area contributed by atoms with E-state index < -0.39 is 66.8 Å². The van der Waals surface area contributed by atoms with Gasteiger partial charge in [-0.2, -0.15) is 4.98 Å². The van der Waals surface area contributed by atoms with Crippen LogP contribution in [0.2, 0.25) is 0 Å². The van der Waals surface area contributed by atoms with Gasteiger partial charge in [0.05, 0.1) is 7.11 Å². The van der Waals surface area contributed by atoms with Crippen LogP contribution in [0, 0.1) is 0 Å². The van der Waals surface area contributed by atoms with Crippen LogP contribution < -0.4 is 10.4 Å². The monoisotopic (exact) mass is 456 g/mol. The molecule has 0 N–H and O–H groups in total. The summed E-state index contributed by atoms with van der Waals surface area (Å²) in [6, 6.07) is 1.36. The fourth-order valence-corrected chi connectivity index (χ4v) is 3.13. The van der Waals surface area contributed by atoms with E-state index in [0.717, 1.165) is 32.3 Å². The number of nitrogens with zero attached hydrogens (tertiary/aromatic N) is 2. The third-order valence-electron chi connectivity index (χ3n) is 4.25. The Morgan fingerprint density at radius 2 is 1.50 bits per heavy atom. The molecule has 0 bridgehead atoms. The maximum Gasteiger partial charge on any atom is 0.353 e. The molecular weight excluding hydrogens is 432 g/mol. The fourth-order valence-electron chi connectivity index (χ4n) is 3.13. The van der Waals surface area contributed by atoms with Gasteiger partial charge < -0.3 is 28.4 Å². The van der Waals surface area contributed by atoms with Gasteiger partial charge in [0.25, 0.3) is 0 Å². The van der Waals surface area contributed by atoms with Crippen molar-refractivity contribution in [1.29, 1.82) is 0 Å². The van der Waals surface area contributed by atoms with Crippen molar-refractivity contribution in [2.45, 2.75) is 58.3 Å². The molecule has 0 radical (unpaired) electrons. The van der Waals surface area contributed by atoms with Gasteiger partial charge in [-0.3, -0.25) is 23.7 Å². The first-order chi connectivity index (χ1) is 15.0. The van der Waals surface area contributed by atoms with Gasteiger partial charge >= 0.3 is 29.6 Å². The molecule has 0 aliphatic carbocycles. The van der Waals surface area contributed by atoms with E-state index in [-0.39, 0.29) is 5.88 Å². The van der Waals surface area contributed by atoms with Crippen LogP contribution in [-0.4, -0.2) is 71.6 Å². The number of carbonyl (C=O) groups is 4. The van der Waals surface area contributed by atoms with Gasteiger partial charge in [-0.15, -0.1) is 0 Å². The molecule has 0 aromatic carbocycles. The van der Waals surface area contributed by atoms with Gasteiger partial charge in [0.2, 0.25) is 5.88 Å². The Morgan fingerprint density at radius 1 is 0.938 bits per heavy atom. The van der Waals surface area contributed by atoms with Crippen molar-refractivity contribution in [2.75, 3.05) is 13.7 Å². The highest BCUT2D eigenvalue weighted by Gasteiger charge is 2.53. The lowest BCUT2D eigenvalue weighted by molar-refractivity contribution is -0.269. The molecule has 5 atom stereocenters. The number of carbonyl (C=O) groups excluding carboxylic acids is 4. The van der Waals surface area contributed by atoms with Crippen LogP contribution in [0.15, 0.2) is 17.1 Å². The second-order valence-electron chi connectivity index (χ2n) is 6.75. The molecule has 1 fully saturated rings. The van der Waals surface area contributed by atoms with Crippen molar-refractivity contribution in [3.8, 4) is 5.88 Å². The summed E-state index contributed by atoms with van der Waals surface area (Å²) in [4.78, 5) is 63.0. The van der Waals surface area contributed by atoms with Gasteiger partial charge in [0.15, 0.2) is 24.5 Å². The molecule has 1 aliphatic rings. The Bertz CT molecular complexity index is 928. The normalized spacial score (nSPS) is 24.7. The van der Waals surface area contributed by atoms with Crippen LogP contribution in [0.1, 0.15) is 33.9 Å². The number of aromatic nitrogens is 2. The lowest BCUT2D eigenvalue weighted by atomic mass is 9.97. The van der Waals surface area contributed by atoms with E-state index in [1.165, 1.54) is 19.4 Å². The molecular formula is C19H24N2O11. The quantitative estimate of drug-likeness (QED) is 0.383. The molecule has 1 saturated heterocycles. The van der Waals surface area contributed by atoms with Gasteiger partial charge in [0, 0.05) is 40.0 Å². The highest BCUT2D eigenvalue weighted by molar-refractivity contribution is 5.68. The second kappa shape index (κ2) is 10.7. The standard InChI is InChI=1S/C19H24N2O11/c1-9(22)28-8-13-15(29-10(2)23)16(30-11(3)24)17(31-12(4)25)18(32-13)21-7-6-14(27-5)20-19(21)26/h6-7,13,15-18H,8H2,1-5H3/t13-,15-,16+,17-,18-/m1/s1. The molecule has 0 amide bonds. The summed E-state index contributed by atoms with van der Waals surface area (Å²) >= 11 is 0. The van der Waals surface area contributed by atoms with E-state index in [9.17, 15) is 24.0 Å². The molecule has 32 heavy (non-hydrogen) atoms. The van der Waals surface area contributed by atoms with Gasteiger partial charge in [-0.05, 0) is 0 Å². The summed E-state index contributed by atoms with van der Waals surface area (Å²) in [5.41, 5.74) is -0.828. The molecule has 2 rings (SSSR count). The number of rotatable bonds is 7. The lowest BCUT2D eigenvalue weighted by Crippen LogP contribution is -2.61. The molecule has 1 aromatic rings. The number of hydrogen-bond donors (Lipinski definition) is 0. The third kappa shape index (κ3) is 6.26. The summed E-state index contributed by atoms with van der Waals surface area (Å²) in [6.45, 7) is 4.06. The number of esters is 4. The highest BCUT2D eigenvalue weighted by Crippen LogP contribution is 2.34. The first kappa shape index (κ1) is 24.8. The summed E-state index contributed by atoms with van der Waals surface area (Å²) in [5, 5.41) is 0. The van der Waals surface area contributed by atoms with Crippen LogP contribution in [-0.2, 0) is 42.9 Å². The van der Waals surface area contributed by atoms with E-state index in [0.29, 0.717) is 0 Å². The Balaban J connectivity index is 2.59. The minimum Gasteiger partial charge on any atom is -0.481 e. The van der Waals surface area contributed by atoms with E-state index in [4.69, 9.17) is 28.4 Å². The minimum absolute atomic E-state index is 0.0249. The van der Waals surface area contributed by atoms with Gasteiger partial charge in [-0.25, -0.2) is 4.79 Å². The van der Waals surface area contributed by atoms with Crippen LogP contribution in [0.5, 0.6) is 5.88 Å². The molecule has 0 spiro atoms. The Labute approximate surface area is 182 Å². The van der Waals surface area contributed by atoms with Crippen molar-refractivity contribution < 1.29 is 47.6 Å². The van der Waals surface area contributed by atoms with Crippen LogP contribution in [0.4, 0.5) is 0 Å². The van der Waals surface area contributed by atoms with E-state index in [1.54, 1.807) is 0 Å². The van der Waals surface area contributed by atoms with Crippen molar-refractivity contribution in [2.24, 2.45) is 0 Å². The lowest BCUT2D eigenvalue weighted by Gasteiger charge is -2.44. The van der Waals surface area contributed by atoms with Crippen molar-refractivity contribution in [3.05, 3.63) is 22.7 Å². The summed E-state index contributed by atoms with van der Waals surface area (Å²) in [5.74, 6) is -2.95. The molecule has 1 aliphatic heterocycles. The summed E-state index contributed by atoms with van der Waals surface area (Å²) < 4.78 is 32.7. The first-order valence-corrected chi connectivity index (χ1v) is 9.47. The van der Waals surface area contributed by atoms with Gasteiger partial charge in [-0.1, -0.05) is 0 Å². The molecule has 0 unspecified atom stereocenters. The van der Waals surface area contributed by atoms with Gasteiger partial charge in [0.1, 0.15) is 12.7 Å². The summed E-state index contributed by atoms with van der Waals surface area (Å²) in [6.07, 6.45) is -5.41. The Hall–Kier alpha value is -3.48. The van der Waals surface area contributed by atoms with Crippen LogP contribution >= 0.6 is 0 Å². The second-order valence-corrected chi connectivity index (χ2v) is 6.75. The Kier molecular flexibility index (Phi) is 8.29. The molecule has 176 valence electrons. The third-order valence-corrected chi connectivity index (χ3v) is 4.25. The fraction of sp³-hybridized carbons (Fsp3) is 0.579. The average Bonchev–Trinajstić information content (AvgIpc) is 2.68. The maximum atomic E-state index is 12.6.